The first-order valence-corrected chi connectivity index (χ1v) is 6.02. The van der Waals surface area contributed by atoms with Gasteiger partial charge in [-0.25, -0.2) is 0 Å². The van der Waals surface area contributed by atoms with Crippen molar-refractivity contribution in [3.8, 4) is 0 Å². The molecule has 2 nitrogen and oxygen atoms in total. The molecule has 0 aliphatic carbocycles. The van der Waals surface area contributed by atoms with Crippen LogP contribution in [0, 0.1) is 0 Å². The zero-order valence-electron chi connectivity index (χ0n) is 9.34. The second kappa shape index (κ2) is 5.54. The molecule has 0 aromatic heterocycles. The van der Waals surface area contributed by atoms with E-state index < -0.39 is 6.10 Å². The van der Waals surface area contributed by atoms with Gasteiger partial charge in [-0.3, -0.25) is 0 Å². The second-order valence-corrected chi connectivity index (χ2v) is 5.20. The fraction of sp³-hybridized carbons (Fsp3) is 0.500. The lowest BCUT2D eigenvalue weighted by Crippen LogP contribution is -2.15. The molecule has 1 rings (SSSR count). The molecule has 1 aromatic rings. The number of aliphatic hydroxyl groups is 2. The van der Waals surface area contributed by atoms with Gasteiger partial charge in [-0.1, -0.05) is 25.1 Å². The molecule has 0 spiro atoms. The van der Waals surface area contributed by atoms with Crippen molar-refractivity contribution in [1.29, 1.82) is 0 Å². The largest absolute Gasteiger partial charge is 0.392 e. The molecule has 84 valence electrons. The van der Waals surface area contributed by atoms with E-state index in [1.807, 2.05) is 31.2 Å². The number of hydrogen-bond donors (Lipinski definition) is 2. The van der Waals surface area contributed by atoms with E-state index in [1.54, 1.807) is 25.6 Å². The molecule has 3 heteroatoms. The fourth-order valence-electron chi connectivity index (χ4n) is 1.23. The molecule has 0 bridgehead atoms. The molecule has 0 heterocycles. The van der Waals surface area contributed by atoms with Crippen molar-refractivity contribution in [2.75, 3.05) is 0 Å². The number of benzene rings is 1. The predicted molar refractivity (Wildman–Crippen MR) is 64.1 cm³/mol. The first-order valence-electron chi connectivity index (χ1n) is 5.14. The molecule has 0 saturated carbocycles. The summed E-state index contributed by atoms with van der Waals surface area (Å²) in [6, 6.07) is 7.76. The molecule has 0 amide bonds. The van der Waals surface area contributed by atoms with Crippen molar-refractivity contribution in [2.45, 2.75) is 43.1 Å². The van der Waals surface area contributed by atoms with Gasteiger partial charge < -0.3 is 10.2 Å². The third kappa shape index (κ3) is 3.52. The van der Waals surface area contributed by atoms with E-state index in [0.717, 1.165) is 10.5 Å². The number of aliphatic hydroxyl groups excluding tert-OH is 2. The highest BCUT2D eigenvalue weighted by molar-refractivity contribution is 8.00. The molecule has 2 N–H and O–H groups in total. The molecular formula is C12H18O2S. The van der Waals surface area contributed by atoms with Gasteiger partial charge in [0.2, 0.25) is 0 Å². The number of thioether (sulfide) groups is 1. The first-order chi connectivity index (χ1) is 7.02. The maximum Gasteiger partial charge on any atom is 0.0772 e. The molecule has 0 aliphatic rings. The maximum absolute atomic E-state index is 9.58. The molecule has 0 radical (unpaired) electrons. The maximum atomic E-state index is 9.58. The van der Waals surface area contributed by atoms with Crippen LogP contribution in [-0.2, 0) is 0 Å². The molecule has 0 saturated heterocycles. The average molecular weight is 226 g/mol. The summed E-state index contributed by atoms with van der Waals surface area (Å²) in [6.07, 6.45) is -0.813. The van der Waals surface area contributed by atoms with Crippen LogP contribution >= 0.6 is 11.8 Å². The van der Waals surface area contributed by atoms with Crippen LogP contribution in [0.2, 0.25) is 0 Å². The minimum atomic E-state index is -0.463. The predicted octanol–water partition coefficient (Wildman–Crippen LogP) is 2.60. The van der Waals surface area contributed by atoms with Gasteiger partial charge in [0.1, 0.15) is 0 Å². The summed E-state index contributed by atoms with van der Waals surface area (Å²) in [5.41, 5.74) is 0.926. The monoisotopic (exact) mass is 226 g/mol. The fourth-order valence-corrected chi connectivity index (χ4v) is 2.36. The van der Waals surface area contributed by atoms with Gasteiger partial charge in [-0.15, -0.1) is 11.8 Å². The van der Waals surface area contributed by atoms with Gasteiger partial charge in [0.15, 0.2) is 0 Å². The van der Waals surface area contributed by atoms with Crippen LogP contribution in [-0.4, -0.2) is 21.6 Å². The topological polar surface area (TPSA) is 40.5 Å². The SMILES string of the molecule is CC(O)c1ccccc1SC(C)C(C)O. The van der Waals surface area contributed by atoms with Crippen LogP contribution in [0.1, 0.15) is 32.4 Å². The Morgan fingerprint density at radius 1 is 1.07 bits per heavy atom. The lowest BCUT2D eigenvalue weighted by molar-refractivity contribution is 0.193. The van der Waals surface area contributed by atoms with E-state index in [1.165, 1.54) is 0 Å². The summed E-state index contributed by atoms with van der Waals surface area (Å²) in [5.74, 6) is 0. The van der Waals surface area contributed by atoms with Crippen LogP contribution in [0.3, 0.4) is 0 Å². The van der Waals surface area contributed by atoms with Crippen LogP contribution < -0.4 is 0 Å². The Kier molecular flexibility index (Phi) is 4.64. The van der Waals surface area contributed by atoms with Crippen LogP contribution in [0.15, 0.2) is 29.2 Å². The van der Waals surface area contributed by atoms with E-state index in [4.69, 9.17) is 0 Å². The van der Waals surface area contributed by atoms with Gasteiger partial charge in [-0.2, -0.15) is 0 Å². The normalized spacial score (nSPS) is 17.1. The highest BCUT2D eigenvalue weighted by Gasteiger charge is 2.14. The molecule has 0 aliphatic heterocycles. The minimum absolute atomic E-state index is 0.130. The lowest BCUT2D eigenvalue weighted by Gasteiger charge is -2.17. The summed E-state index contributed by atoms with van der Waals surface area (Å²) >= 11 is 1.60. The highest BCUT2D eigenvalue weighted by atomic mass is 32.2. The average Bonchev–Trinajstić information content (AvgIpc) is 2.18. The molecular weight excluding hydrogens is 208 g/mol. The van der Waals surface area contributed by atoms with E-state index in [0.29, 0.717) is 0 Å². The summed E-state index contributed by atoms with van der Waals surface area (Å²) in [6.45, 7) is 5.52. The van der Waals surface area contributed by atoms with Crippen molar-refractivity contribution >= 4 is 11.8 Å². The second-order valence-electron chi connectivity index (χ2n) is 3.78. The zero-order valence-corrected chi connectivity index (χ0v) is 10.2. The molecule has 1 aromatic carbocycles. The van der Waals surface area contributed by atoms with Crippen molar-refractivity contribution in [2.24, 2.45) is 0 Å². The summed E-state index contributed by atoms with van der Waals surface area (Å²) < 4.78 is 0. The zero-order chi connectivity index (χ0) is 11.4. The minimum Gasteiger partial charge on any atom is -0.392 e. The Balaban J connectivity index is 2.84. The van der Waals surface area contributed by atoms with Crippen molar-refractivity contribution < 1.29 is 10.2 Å². The Bertz CT molecular complexity index is 310. The number of hydrogen-bond acceptors (Lipinski definition) is 3. The molecule has 0 fully saturated rings. The standard InChI is InChI=1S/C12H18O2S/c1-8(13)10(3)15-12-7-5-4-6-11(12)9(2)14/h4-10,13-14H,1-3H3. The van der Waals surface area contributed by atoms with E-state index >= 15 is 0 Å². The van der Waals surface area contributed by atoms with Crippen LogP contribution in [0.5, 0.6) is 0 Å². The quantitative estimate of drug-likeness (QED) is 0.775. The summed E-state index contributed by atoms with van der Waals surface area (Å²) in [5, 5.41) is 19.1. The van der Waals surface area contributed by atoms with Gasteiger partial charge in [-0.05, 0) is 25.5 Å². The highest BCUT2D eigenvalue weighted by Crippen LogP contribution is 2.31. The van der Waals surface area contributed by atoms with Crippen LogP contribution in [0.25, 0.3) is 0 Å². The van der Waals surface area contributed by atoms with Gasteiger partial charge in [0.05, 0.1) is 12.2 Å². The third-order valence-corrected chi connectivity index (χ3v) is 3.75. The Morgan fingerprint density at radius 3 is 2.20 bits per heavy atom. The Hall–Kier alpha value is -0.510. The van der Waals surface area contributed by atoms with E-state index in [-0.39, 0.29) is 11.4 Å². The third-order valence-electron chi connectivity index (χ3n) is 2.36. The first kappa shape index (κ1) is 12.6. The smallest absolute Gasteiger partial charge is 0.0772 e. The van der Waals surface area contributed by atoms with Gasteiger partial charge >= 0.3 is 0 Å². The molecule has 3 atom stereocenters. The van der Waals surface area contributed by atoms with Crippen molar-refractivity contribution in [3.05, 3.63) is 29.8 Å². The van der Waals surface area contributed by atoms with Crippen LogP contribution in [0.4, 0.5) is 0 Å². The van der Waals surface area contributed by atoms with Gasteiger partial charge in [0, 0.05) is 10.1 Å². The van der Waals surface area contributed by atoms with Gasteiger partial charge in [0.25, 0.3) is 0 Å². The van der Waals surface area contributed by atoms with E-state index in [2.05, 4.69) is 0 Å². The molecule has 15 heavy (non-hydrogen) atoms. The van der Waals surface area contributed by atoms with Crippen molar-refractivity contribution in [1.82, 2.24) is 0 Å². The van der Waals surface area contributed by atoms with Crippen molar-refractivity contribution in [3.63, 3.8) is 0 Å². The van der Waals surface area contributed by atoms with E-state index in [9.17, 15) is 10.2 Å². The number of rotatable bonds is 4. The summed E-state index contributed by atoms with van der Waals surface area (Å²) in [4.78, 5) is 1.04. The Labute approximate surface area is 95.3 Å². The molecule has 3 unspecified atom stereocenters. The Morgan fingerprint density at radius 2 is 1.67 bits per heavy atom. The summed E-state index contributed by atoms with van der Waals surface area (Å²) in [7, 11) is 0. The lowest BCUT2D eigenvalue weighted by atomic mass is 10.1.